The van der Waals surface area contributed by atoms with E-state index in [-0.39, 0.29) is 24.6 Å². The van der Waals surface area contributed by atoms with Crippen LogP contribution >= 0.6 is 0 Å². The summed E-state index contributed by atoms with van der Waals surface area (Å²) in [5.41, 5.74) is 0. The molecule has 0 rings (SSSR count). The van der Waals surface area contributed by atoms with Crippen molar-refractivity contribution in [3.05, 3.63) is 12.2 Å². The maximum Gasteiger partial charge on any atom is 0.306 e. The number of hydrogen-bond acceptors (Lipinski definition) is 4. The van der Waals surface area contributed by atoms with Crippen molar-refractivity contribution < 1.29 is 19.1 Å². The molecule has 0 aromatic heterocycles. The number of ether oxygens (including phenoxy) is 2. The van der Waals surface area contributed by atoms with Gasteiger partial charge in [-0.1, -0.05) is 109 Å². The monoisotopic (exact) mass is 480 g/mol. The zero-order chi connectivity index (χ0) is 25.1. The van der Waals surface area contributed by atoms with Crippen LogP contribution in [-0.2, 0) is 19.1 Å². The van der Waals surface area contributed by atoms with Gasteiger partial charge < -0.3 is 9.47 Å². The summed E-state index contributed by atoms with van der Waals surface area (Å²) in [5.74, 6) is -0.362. The lowest BCUT2D eigenvalue weighted by atomic mass is 10.1. The van der Waals surface area contributed by atoms with Crippen LogP contribution in [0.2, 0.25) is 0 Å². The molecule has 0 aromatic carbocycles. The third-order valence-corrected chi connectivity index (χ3v) is 6.19. The van der Waals surface area contributed by atoms with Gasteiger partial charge in [0.1, 0.15) is 12.7 Å². The van der Waals surface area contributed by atoms with Crippen molar-refractivity contribution in [2.45, 2.75) is 162 Å². The first-order valence-corrected chi connectivity index (χ1v) is 14.6. The highest BCUT2D eigenvalue weighted by molar-refractivity contribution is 5.70. The molecule has 0 bridgehead atoms. The molecule has 0 unspecified atom stereocenters. The van der Waals surface area contributed by atoms with E-state index in [0.717, 1.165) is 25.7 Å². The van der Waals surface area contributed by atoms with Crippen molar-refractivity contribution in [1.29, 1.82) is 0 Å². The molecule has 0 heterocycles. The molecule has 0 spiro atoms. The first kappa shape index (κ1) is 32.7. The average molecular weight is 481 g/mol. The molecule has 0 aliphatic rings. The second-order valence-corrected chi connectivity index (χ2v) is 9.84. The van der Waals surface area contributed by atoms with Gasteiger partial charge in [0.2, 0.25) is 0 Å². The van der Waals surface area contributed by atoms with Gasteiger partial charge in [-0.15, -0.1) is 0 Å². The third kappa shape index (κ3) is 25.3. The molecule has 0 fully saturated rings. The van der Waals surface area contributed by atoms with Crippen LogP contribution in [0.3, 0.4) is 0 Å². The average Bonchev–Trinajstić information content (AvgIpc) is 2.82. The van der Waals surface area contributed by atoms with Crippen LogP contribution in [0.25, 0.3) is 0 Å². The third-order valence-electron chi connectivity index (χ3n) is 6.19. The smallest absolute Gasteiger partial charge is 0.306 e. The molecule has 0 saturated heterocycles. The molecule has 0 aliphatic heterocycles. The normalized spacial score (nSPS) is 12.2. The van der Waals surface area contributed by atoms with E-state index in [1.807, 2.05) is 0 Å². The molecule has 200 valence electrons. The van der Waals surface area contributed by atoms with Gasteiger partial charge in [0.15, 0.2) is 0 Å². The lowest BCUT2D eigenvalue weighted by Gasteiger charge is -2.13. The zero-order valence-electron chi connectivity index (χ0n) is 22.9. The summed E-state index contributed by atoms with van der Waals surface area (Å²) in [4.78, 5) is 23.8. The number of allylic oxidation sites excluding steroid dienone is 2. The molecule has 0 amide bonds. The Morgan fingerprint density at radius 3 is 1.56 bits per heavy atom. The predicted molar refractivity (Wildman–Crippen MR) is 144 cm³/mol. The summed E-state index contributed by atoms with van der Waals surface area (Å²) in [7, 11) is 0. The van der Waals surface area contributed by atoms with Gasteiger partial charge in [-0.3, -0.25) is 9.59 Å². The quantitative estimate of drug-likeness (QED) is 0.0742. The Hall–Kier alpha value is -1.32. The number of esters is 2. The number of rotatable bonds is 25. The Kier molecular flexibility index (Phi) is 25.3. The fourth-order valence-electron chi connectivity index (χ4n) is 3.99. The van der Waals surface area contributed by atoms with Crippen molar-refractivity contribution in [2.24, 2.45) is 0 Å². The van der Waals surface area contributed by atoms with E-state index in [2.05, 4.69) is 26.0 Å². The minimum absolute atomic E-state index is 0.161. The molecular weight excluding hydrogens is 424 g/mol. The van der Waals surface area contributed by atoms with Crippen molar-refractivity contribution in [3.63, 3.8) is 0 Å². The number of unbranched alkanes of at least 4 members (excludes halogenated alkanes) is 16. The molecule has 0 N–H and O–H groups in total. The first-order chi connectivity index (χ1) is 16.6. The van der Waals surface area contributed by atoms with Crippen LogP contribution in [-0.4, -0.2) is 24.6 Å². The number of carbonyl (C=O) groups excluding carboxylic acids is 2. The summed E-state index contributed by atoms with van der Waals surface area (Å²) in [5, 5.41) is 0. The fraction of sp³-hybridized carbons (Fsp3) is 0.867. The van der Waals surface area contributed by atoms with E-state index in [4.69, 9.17) is 9.47 Å². The van der Waals surface area contributed by atoms with Crippen LogP contribution in [0.4, 0.5) is 0 Å². The minimum atomic E-state index is -0.372. The molecule has 0 aliphatic carbocycles. The fourth-order valence-corrected chi connectivity index (χ4v) is 3.99. The van der Waals surface area contributed by atoms with Gasteiger partial charge in [-0.25, -0.2) is 0 Å². The van der Waals surface area contributed by atoms with Crippen LogP contribution in [0, 0.1) is 0 Å². The van der Waals surface area contributed by atoms with Gasteiger partial charge >= 0.3 is 11.9 Å². The molecule has 1 atom stereocenters. The summed E-state index contributed by atoms with van der Waals surface area (Å²) < 4.78 is 10.6. The second kappa shape index (κ2) is 26.3. The van der Waals surface area contributed by atoms with Crippen molar-refractivity contribution >= 4 is 11.9 Å². The highest BCUT2D eigenvalue weighted by Gasteiger charge is 2.12. The van der Waals surface area contributed by atoms with E-state index >= 15 is 0 Å². The lowest BCUT2D eigenvalue weighted by molar-refractivity contribution is -0.158. The molecule has 0 radical (unpaired) electrons. The molecule has 4 heteroatoms. The zero-order valence-corrected chi connectivity index (χ0v) is 22.9. The molecule has 0 saturated carbocycles. The van der Waals surface area contributed by atoms with Gasteiger partial charge in [0, 0.05) is 12.8 Å². The highest BCUT2D eigenvalue weighted by atomic mass is 16.6. The summed E-state index contributed by atoms with van der Waals surface area (Å²) in [6, 6.07) is 0. The molecule has 34 heavy (non-hydrogen) atoms. The minimum Gasteiger partial charge on any atom is -0.462 e. The Morgan fingerprint density at radius 2 is 1.00 bits per heavy atom. The van der Waals surface area contributed by atoms with Crippen LogP contribution in [0.1, 0.15) is 156 Å². The Labute approximate surface area is 211 Å². The molecule has 0 aromatic rings. The SMILES string of the molecule is CCCCC/C=C/CCCCCCCC(=O)O[C@H](C)COC(=O)CCCCCCCCCCC. The van der Waals surface area contributed by atoms with Gasteiger partial charge in [-0.05, 0) is 45.4 Å². The topological polar surface area (TPSA) is 52.6 Å². The summed E-state index contributed by atoms with van der Waals surface area (Å²) in [6.45, 7) is 6.43. The maximum atomic E-state index is 12.0. The Balaban J connectivity index is 3.48. The number of carbonyl (C=O) groups is 2. The van der Waals surface area contributed by atoms with E-state index in [9.17, 15) is 9.59 Å². The predicted octanol–water partition coefficient (Wildman–Crippen LogP) is 9.25. The molecular formula is C30H56O4. The van der Waals surface area contributed by atoms with E-state index in [1.54, 1.807) is 6.92 Å². The molecule has 4 nitrogen and oxygen atoms in total. The number of hydrogen-bond donors (Lipinski definition) is 0. The Morgan fingerprint density at radius 1 is 0.588 bits per heavy atom. The Bertz CT molecular complexity index is 486. The van der Waals surface area contributed by atoms with Crippen LogP contribution in [0.15, 0.2) is 12.2 Å². The van der Waals surface area contributed by atoms with E-state index in [0.29, 0.717) is 12.8 Å². The van der Waals surface area contributed by atoms with Gasteiger partial charge in [0.25, 0.3) is 0 Å². The summed E-state index contributed by atoms with van der Waals surface area (Å²) in [6.07, 6.45) is 28.1. The van der Waals surface area contributed by atoms with Gasteiger partial charge in [-0.2, -0.15) is 0 Å². The van der Waals surface area contributed by atoms with Gasteiger partial charge in [0.05, 0.1) is 0 Å². The largest absolute Gasteiger partial charge is 0.462 e. The first-order valence-electron chi connectivity index (χ1n) is 14.6. The maximum absolute atomic E-state index is 12.0. The van der Waals surface area contributed by atoms with Crippen LogP contribution in [0.5, 0.6) is 0 Å². The van der Waals surface area contributed by atoms with Crippen molar-refractivity contribution in [2.75, 3.05) is 6.61 Å². The van der Waals surface area contributed by atoms with Crippen LogP contribution < -0.4 is 0 Å². The standard InChI is InChI=1S/C30H56O4/c1-4-6-8-10-12-14-15-16-18-20-22-24-26-30(32)34-28(3)27-33-29(31)25-23-21-19-17-13-11-9-7-5-2/h12,14,28H,4-11,13,15-27H2,1-3H3/b14-12+/t28-/m1/s1. The lowest BCUT2D eigenvalue weighted by Crippen LogP contribution is -2.22. The second-order valence-electron chi connectivity index (χ2n) is 9.84. The van der Waals surface area contributed by atoms with Crippen molar-refractivity contribution in [1.82, 2.24) is 0 Å². The van der Waals surface area contributed by atoms with Crippen molar-refractivity contribution in [3.8, 4) is 0 Å². The van der Waals surface area contributed by atoms with E-state index < -0.39 is 0 Å². The highest BCUT2D eigenvalue weighted by Crippen LogP contribution is 2.12. The van der Waals surface area contributed by atoms with E-state index in [1.165, 1.54) is 96.3 Å². The summed E-state index contributed by atoms with van der Waals surface area (Å²) >= 11 is 0.